The maximum absolute atomic E-state index is 9.97. The second kappa shape index (κ2) is 5.69. The molecule has 0 aromatic carbocycles. The van der Waals surface area contributed by atoms with Crippen LogP contribution in [0.3, 0.4) is 0 Å². The third kappa shape index (κ3) is 6.35. The Morgan fingerprint density at radius 3 is 2.07 bits per heavy atom. The van der Waals surface area contributed by atoms with Gasteiger partial charge in [0.1, 0.15) is 0 Å². The Morgan fingerprint density at radius 2 is 1.71 bits per heavy atom. The van der Waals surface area contributed by atoms with Crippen LogP contribution in [0.4, 0.5) is 0 Å². The van der Waals surface area contributed by atoms with Crippen LogP contribution in [-0.2, 0) is 0 Å². The molecule has 0 spiro atoms. The second-order valence-electron chi connectivity index (χ2n) is 5.01. The molecule has 3 atom stereocenters. The summed E-state index contributed by atoms with van der Waals surface area (Å²) in [4.78, 5) is 0. The normalized spacial score (nSPS) is 20.6. The molecule has 0 rings (SSSR count). The van der Waals surface area contributed by atoms with E-state index in [2.05, 4.69) is 19.2 Å². The maximum Gasteiger partial charge on any atom is 0.0746 e. The fourth-order valence-corrected chi connectivity index (χ4v) is 1.50. The van der Waals surface area contributed by atoms with Crippen molar-refractivity contribution in [2.75, 3.05) is 6.54 Å². The van der Waals surface area contributed by atoms with Crippen molar-refractivity contribution in [3.8, 4) is 0 Å². The lowest BCUT2D eigenvalue weighted by Gasteiger charge is -2.28. The lowest BCUT2D eigenvalue weighted by atomic mass is 9.94. The molecule has 3 heteroatoms. The zero-order chi connectivity index (χ0) is 11.4. The van der Waals surface area contributed by atoms with E-state index < -0.39 is 5.60 Å². The van der Waals surface area contributed by atoms with Crippen LogP contribution in [-0.4, -0.2) is 34.5 Å². The van der Waals surface area contributed by atoms with Crippen LogP contribution in [0.1, 0.15) is 41.0 Å². The fraction of sp³-hybridized carbons (Fsp3) is 1.00. The van der Waals surface area contributed by atoms with E-state index in [0.717, 1.165) is 6.42 Å². The van der Waals surface area contributed by atoms with E-state index in [1.165, 1.54) is 0 Å². The van der Waals surface area contributed by atoms with Gasteiger partial charge in [0, 0.05) is 12.6 Å². The molecule has 0 heterocycles. The van der Waals surface area contributed by atoms with Crippen LogP contribution in [0, 0.1) is 5.92 Å². The first-order valence-corrected chi connectivity index (χ1v) is 5.38. The van der Waals surface area contributed by atoms with Gasteiger partial charge in [0.15, 0.2) is 0 Å². The summed E-state index contributed by atoms with van der Waals surface area (Å²) in [5, 5.41) is 22.4. The minimum atomic E-state index is -0.683. The minimum absolute atomic E-state index is 0.0219. The van der Waals surface area contributed by atoms with Gasteiger partial charge in [-0.15, -0.1) is 0 Å². The zero-order valence-electron chi connectivity index (χ0n) is 10.0. The third-order valence-electron chi connectivity index (χ3n) is 2.38. The SMILES string of the molecule is CC(C)CC(C)(O)CNC(C)C(C)O. The Bertz CT molecular complexity index is 155. The molecule has 0 aliphatic carbocycles. The van der Waals surface area contributed by atoms with Crippen molar-refractivity contribution >= 4 is 0 Å². The molecule has 0 saturated carbocycles. The van der Waals surface area contributed by atoms with Gasteiger partial charge in [0.05, 0.1) is 11.7 Å². The second-order valence-corrected chi connectivity index (χ2v) is 5.01. The summed E-state index contributed by atoms with van der Waals surface area (Å²) in [6.07, 6.45) is 0.386. The lowest BCUT2D eigenvalue weighted by molar-refractivity contribution is 0.0305. The van der Waals surface area contributed by atoms with Crippen molar-refractivity contribution in [1.82, 2.24) is 5.32 Å². The van der Waals surface area contributed by atoms with Crippen molar-refractivity contribution in [2.45, 2.75) is 58.8 Å². The van der Waals surface area contributed by atoms with Crippen LogP contribution in [0.2, 0.25) is 0 Å². The highest BCUT2D eigenvalue weighted by Gasteiger charge is 2.22. The lowest BCUT2D eigenvalue weighted by Crippen LogP contribution is -2.45. The number of hydrogen-bond donors (Lipinski definition) is 3. The van der Waals surface area contributed by atoms with Crippen molar-refractivity contribution in [3.63, 3.8) is 0 Å². The standard InChI is InChI=1S/C11H25NO2/c1-8(2)6-11(5,14)7-12-9(3)10(4)13/h8-10,12-14H,6-7H2,1-5H3. The van der Waals surface area contributed by atoms with Gasteiger partial charge in [-0.05, 0) is 33.1 Å². The van der Waals surface area contributed by atoms with Gasteiger partial charge in [0.25, 0.3) is 0 Å². The number of aliphatic hydroxyl groups is 2. The van der Waals surface area contributed by atoms with Crippen LogP contribution in [0.15, 0.2) is 0 Å². The molecular formula is C11H25NO2. The van der Waals surface area contributed by atoms with E-state index >= 15 is 0 Å². The highest BCUT2D eigenvalue weighted by atomic mass is 16.3. The summed E-state index contributed by atoms with van der Waals surface area (Å²) in [6.45, 7) is 10.2. The van der Waals surface area contributed by atoms with Crippen molar-refractivity contribution in [3.05, 3.63) is 0 Å². The summed E-state index contributed by atoms with van der Waals surface area (Å²) in [6, 6.07) is 0.0219. The van der Waals surface area contributed by atoms with E-state index in [1.807, 2.05) is 13.8 Å². The molecule has 3 nitrogen and oxygen atoms in total. The van der Waals surface area contributed by atoms with E-state index in [0.29, 0.717) is 12.5 Å². The van der Waals surface area contributed by atoms with Crippen LogP contribution >= 0.6 is 0 Å². The maximum atomic E-state index is 9.97. The highest BCUT2D eigenvalue weighted by molar-refractivity contribution is 4.79. The summed E-state index contributed by atoms with van der Waals surface area (Å²) >= 11 is 0. The van der Waals surface area contributed by atoms with Gasteiger partial charge in [-0.25, -0.2) is 0 Å². The molecule has 0 amide bonds. The zero-order valence-corrected chi connectivity index (χ0v) is 10.0. The van der Waals surface area contributed by atoms with Gasteiger partial charge in [-0.1, -0.05) is 13.8 Å². The number of nitrogens with one attached hydrogen (secondary N) is 1. The van der Waals surface area contributed by atoms with Gasteiger partial charge in [-0.2, -0.15) is 0 Å². The van der Waals surface area contributed by atoms with Crippen molar-refractivity contribution in [2.24, 2.45) is 5.92 Å². The molecule has 86 valence electrons. The van der Waals surface area contributed by atoms with E-state index in [1.54, 1.807) is 6.92 Å². The third-order valence-corrected chi connectivity index (χ3v) is 2.38. The Balaban J connectivity index is 3.86. The first-order chi connectivity index (χ1) is 6.24. The molecule has 0 radical (unpaired) electrons. The molecule has 0 bridgehead atoms. The minimum Gasteiger partial charge on any atom is -0.392 e. The predicted octanol–water partition coefficient (Wildman–Crippen LogP) is 1.14. The van der Waals surface area contributed by atoms with Crippen LogP contribution in [0.25, 0.3) is 0 Å². The Labute approximate surface area is 87.5 Å². The quantitative estimate of drug-likeness (QED) is 0.607. The first kappa shape index (κ1) is 13.9. The van der Waals surface area contributed by atoms with Gasteiger partial charge >= 0.3 is 0 Å². The molecule has 3 N–H and O–H groups in total. The summed E-state index contributed by atoms with van der Waals surface area (Å²) in [5.41, 5.74) is -0.683. The predicted molar refractivity (Wildman–Crippen MR) is 59.2 cm³/mol. The number of hydrogen-bond acceptors (Lipinski definition) is 3. The first-order valence-electron chi connectivity index (χ1n) is 5.38. The van der Waals surface area contributed by atoms with Crippen LogP contribution < -0.4 is 5.32 Å². The van der Waals surface area contributed by atoms with Gasteiger partial charge < -0.3 is 15.5 Å². The molecule has 3 unspecified atom stereocenters. The molecule has 0 aliphatic heterocycles. The average molecular weight is 203 g/mol. The fourth-order valence-electron chi connectivity index (χ4n) is 1.50. The van der Waals surface area contributed by atoms with Crippen LogP contribution in [0.5, 0.6) is 0 Å². The van der Waals surface area contributed by atoms with Gasteiger partial charge in [0.2, 0.25) is 0 Å². The van der Waals surface area contributed by atoms with E-state index in [-0.39, 0.29) is 12.1 Å². The summed E-state index contributed by atoms with van der Waals surface area (Å²) in [5.74, 6) is 0.480. The molecule has 0 fully saturated rings. The largest absolute Gasteiger partial charge is 0.392 e. The molecule has 0 aliphatic rings. The topological polar surface area (TPSA) is 52.5 Å². The Kier molecular flexibility index (Phi) is 5.64. The van der Waals surface area contributed by atoms with Crippen molar-refractivity contribution < 1.29 is 10.2 Å². The molecule has 14 heavy (non-hydrogen) atoms. The molecular weight excluding hydrogens is 178 g/mol. The van der Waals surface area contributed by atoms with E-state index in [9.17, 15) is 10.2 Å². The number of aliphatic hydroxyl groups excluding tert-OH is 1. The molecule has 0 aromatic rings. The molecule has 0 aromatic heterocycles. The van der Waals surface area contributed by atoms with Crippen molar-refractivity contribution in [1.29, 1.82) is 0 Å². The Morgan fingerprint density at radius 1 is 1.21 bits per heavy atom. The smallest absolute Gasteiger partial charge is 0.0746 e. The van der Waals surface area contributed by atoms with Gasteiger partial charge in [-0.3, -0.25) is 0 Å². The summed E-state index contributed by atoms with van der Waals surface area (Å²) in [7, 11) is 0. The molecule has 0 saturated heterocycles. The Hall–Kier alpha value is -0.120. The monoisotopic (exact) mass is 203 g/mol. The number of rotatable bonds is 6. The van der Waals surface area contributed by atoms with E-state index in [4.69, 9.17) is 0 Å². The highest BCUT2D eigenvalue weighted by Crippen LogP contribution is 2.15. The average Bonchev–Trinajstić information content (AvgIpc) is 1.97. The summed E-state index contributed by atoms with van der Waals surface area (Å²) < 4.78 is 0.